The Balaban J connectivity index is 2.43. The summed E-state index contributed by atoms with van der Waals surface area (Å²) in [5, 5.41) is 19.9. The molecule has 0 radical (unpaired) electrons. The van der Waals surface area contributed by atoms with Crippen LogP contribution < -0.4 is 5.56 Å². The first-order valence-corrected chi connectivity index (χ1v) is 7.56. The first kappa shape index (κ1) is 15.3. The fraction of sp³-hybridized carbons (Fsp3) is 0.0588. The van der Waals surface area contributed by atoms with Gasteiger partial charge in [0.25, 0.3) is 5.56 Å². The number of rotatable bonds is 2. The first-order chi connectivity index (χ1) is 10.9. The average Bonchev–Trinajstić information content (AvgIpc) is 2.51. The Labute approximate surface area is 139 Å². The number of halogens is 1. The van der Waals surface area contributed by atoms with Gasteiger partial charge < -0.3 is 10.2 Å². The van der Waals surface area contributed by atoms with E-state index >= 15 is 0 Å². The van der Waals surface area contributed by atoms with Crippen LogP contribution in [-0.2, 0) is 0 Å². The van der Waals surface area contributed by atoms with Crippen LogP contribution in [0.4, 0.5) is 0 Å². The van der Waals surface area contributed by atoms with Crippen LogP contribution in [0.25, 0.3) is 16.5 Å². The number of nitrogens with zero attached hydrogens (tertiary/aromatic N) is 1. The van der Waals surface area contributed by atoms with Crippen LogP contribution in [0.5, 0.6) is 11.5 Å². The molecule has 3 rings (SSSR count). The second-order valence-electron chi connectivity index (χ2n) is 5.14. The van der Waals surface area contributed by atoms with E-state index in [1.807, 2.05) is 0 Å². The van der Waals surface area contributed by atoms with Crippen molar-refractivity contribution in [1.82, 2.24) is 4.57 Å². The molecular formula is C17H12BrNO4. The molecule has 3 aromatic rings. The molecule has 6 heteroatoms. The van der Waals surface area contributed by atoms with Crippen LogP contribution in [0.1, 0.15) is 17.3 Å². The second-order valence-corrected chi connectivity index (χ2v) is 6.00. The number of pyridine rings is 1. The summed E-state index contributed by atoms with van der Waals surface area (Å²) in [7, 11) is 0. The van der Waals surface area contributed by atoms with Gasteiger partial charge in [0, 0.05) is 27.3 Å². The Morgan fingerprint density at radius 2 is 1.74 bits per heavy atom. The standard InChI is InChI=1S/C17H12BrNO4/c1-9(20)13-6-12(22)7-14-15(18)8-19(17(23)16(13)14)10-2-4-11(21)5-3-10/h2-8,21-22H,1H3. The predicted molar refractivity (Wildman–Crippen MR) is 90.6 cm³/mol. The number of carbonyl (C=O) groups is 1. The fourth-order valence-corrected chi connectivity index (χ4v) is 3.01. The summed E-state index contributed by atoms with van der Waals surface area (Å²) in [6.07, 6.45) is 1.57. The summed E-state index contributed by atoms with van der Waals surface area (Å²) >= 11 is 3.38. The molecule has 0 aliphatic rings. The molecule has 0 bridgehead atoms. The molecule has 2 N–H and O–H groups in total. The van der Waals surface area contributed by atoms with E-state index in [0.29, 0.717) is 15.5 Å². The normalized spacial score (nSPS) is 10.9. The highest BCUT2D eigenvalue weighted by Gasteiger charge is 2.16. The van der Waals surface area contributed by atoms with Crippen molar-refractivity contribution in [1.29, 1.82) is 0 Å². The monoisotopic (exact) mass is 373 g/mol. The molecular weight excluding hydrogens is 362 g/mol. The molecule has 0 spiro atoms. The van der Waals surface area contributed by atoms with Crippen LogP contribution >= 0.6 is 15.9 Å². The Hall–Kier alpha value is -2.60. The first-order valence-electron chi connectivity index (χ1n) is 6.76. The third-order valence-corrected chi connectivity index (χ3v) is 4.19. The van der Waals surface area contributed by atoms with Crippen LogP contribution in [0.15, 0.2) is 51.9 Å². The third kappa shape index (κ3) is 2.61. The molecule has 0 aliphatic carbocycles. The van der Waals surface area contributed by atoms with Crippen molar-refractivity contribution in [3.05, 3.63) is 63.0 Å². The highest BCUT2D eigenvalue weighted by atomic mass is 79.9. The second kappa shape index (κ2) is 5.55. The maximum Gasteiger partial charge on any atom is 0.263 e. The lowest BCUT2D eigenvalue weighted by Gasteiger charge is -2.12. The molecule has 116 valence electrons. The summed E-state index contributed by atoms with van der Waals surface area (Å²) in [6, 6.07) is 8.88. The number of Topliss-reactive ketones (excluding diaryl/α,β-unsaturated/α-hetero) is 1. The van der Waals surface area contributed by atoms with Gasteiger partial charge in [0.05, 0.1) is 5.39 Å². The average molecular weight is 374 g/mol. The molecule has 23 heavy (non-hydrogen) atoms. The van der Waals surface area contributed by atoms with Gasteiger partial charge in [0.1, 0.15) is 11.5 Å². The van der Waals surface area contributed by atoms with E-state index in [2.05, 4.69) is 15.9 Å². The summed E-state index contributed by atoms with van der Waals surface area (Å²) in [6.45, 7) is 1.35. The van der Waals surface area contributed by atoms with Crippen molar-refractivity contribution in [3.63, 3.8) is 0 Å². The van der Waals surface area contributed by atoms with E-state index < -0.39 is 0 Å². The molecule has 0 atom stereocenters. The van der Waals surface area contributed by atoms with E-state index in [1.54, 1.807) is 18.3 Å². The molecule has 2 aromatic carbocycles. The smallest absolute Gasteiger partial charge is 0.263 e. The Kier molecular flexibility index (Phi) is 3.69. The zero-order valence-electron chi connectivity index (χ0n) is 12.1. The topological polar surface area (TPSA) is 79.5 Å². The lowest BCUT2D eigenvalue weighted by Crippen LogP contribution is -2.20. The molecule has 0 saturated heterocycles. The zero-order valence-corrected chi connectivity index (χ0v) is 13.7. The van der Waals surface area contributed by atoms with Gasteiger partial charge >= 0.3 is 0 Å². The maximum atomic E-state index is 12.8. The number of phenolic OH excluding ortho intramolecular Hbond substituents is 2. The number of ketones is 1. The third-order valence-electron chi connectivity index (χ3n) is 3.56. The van der Waals surface area contributed by atoms with Crippen molar-refractivity contribution in [2.45, 2.75) is 6.92 Å². The number of benzene rings is 2. The number of hydrogen-bond donors (Lipinski definition) is 2. The quantitative estimate of drug-likeness (QED) is 0.675. The molecule has 0 fully saturated rings. The maximum absolute atomic E-state index is 12.8. The van der Waals surface area contributed by atoms with Gasteiger partial charge in [-0.1, -0.05) is 0 Å². The molecule has 1 heterocycles. The predicted octanol–water partition coefficient (Wildman–Crippen LogP) is 3.37. The molecule has 5 nitrogen and oxygen atoms in total. The highest BCUT2D eigenvalue weighted by molar-refractivity contribution is 9.10. The Morgan fingerprint density at radius 3 is 2.35 bits per heavy atom. The van der Waals surface area contributed by atoms with Crippen LogP contribution in [0.3, 0.4) is 0 Å². The van der Waals surface area contributed by atoms with Gasteiger partial charge in [-0.15, -0.1) is 0 Å². The number of aromatic hydroxyl groups is 2. The SMILES string of the molecule is CC(=O)c1cc(O)cc2c(Br)cn(-c3ccc(O)cc3)c(=O)c12. The number of carbonyl (C=O) groups excluding carboxylic acids is 1. The largest absolute Gasteiger partial charge is 0.508 e. The van der Waals surface area contributed by atoms with Gasteiger partial charge in [0.2, 0.25) is 0 Å². The fourth-order valence-electron chi connectivity index (χ4n) is 2.49. The molecule has 0 saturated carbocycles. The number of aromatic nitrogens is 1. The summed E-state index contributed by atoms with van der Waals surface area (Å²) < 4.78 is 1.95. The van der Waals surface area contributed by atoms with Crippen LogP contribution in [0.2, 0.25) is 0 Å². The van der Waals surface area contributed by atoms with E-state index in [0.717, 1.165) is 0 Å². The van der Waals surface area contributed by atoms with Crippen molar-refractivity contribution in [3.8, 4) is 17.2 Å². The van der Waals surface area contributed by atoms with E-state index in [-0.39, 0.29) is 33.8 Å². The molecule has 0 unspecified atom stereocenters. The van der Waals surface area contributed by atoms with Gasteiger partial charge in [-0.3, -0.25) is 14.2 Å². The number of phenols is 2. The van der Waals surface area contributed by atoms with Crippen molar-refractivity contribution in [2.75, 3.05) is 0 Å². The van der Waals surface area contributed by atoms with Gasteiger partial charge in [0.15, 0.2) is 5.78 Å². The minimum atomic E-state index is -0.376. The van der Waals surface area contributed by atoms with Gasteiger partial charge in [-0.05, 0) is 59.3 Å². The van der Waals surface area contributed by atoms with Crippen molar-refractivity contribution >= 4 is 32.5 Å². The number of fused-ring (bicyclic) bond motifs is 1. The Bertz CT molecular complexity index is 990. The summed E-state index contributed by atoms with van der Waals surface area (Å²) in [5.74, 6) is -0.292. The lowest BCUT2D eigenvalue weighted by molar-refractivity contribution is 0.101. The molecule has 0 aliphatic heterocycles. The minimum absolute atomic E-state index is 0.0785. The van der Waals surface area contributed by atoms with E-state index in [9.17, 15) is 19.8 Å². The van der Waals surface area contributed by atoms with E-state index in [1.165, 1.54) is 35.8 Å². The van der Waals surface area contributed by atoms with Gasteiger partial charge in [-0.25, -0.2) is 0 Å². The van der Waals surface area contributed by atoms with Crippen LogP contribution in [0, 0.1) is 0 Å². The Morgan fingerprint density at radius 1 is 1.09 bits per heavy atom. The zero-order chi connectivity index (χ0) is 16.7. The number of hydrogen-bond acceptors (Lipinski definition) is 4. The van der Waals surface area contributed by atoms with Crippen LogP contribution in [-0.4, -0.2) is 20.6 Å². The summed E-state index contributed by atoms with van der Waals surface area (Å²) in [5.41, 5.74) is 0.343. The highest BCUT2D eigenvalue weighted by Crippen LogP contribution is 2.29. The van der Waals surface area contributed by atoms with Crippen molar-refractivity contribution < 1.29 is 15.0 Å². The van der Waals surface area contributed by atoms with Crippen molar-refractivity contribution in [2.24, 2.45) is 0 Å². The lowest BCUT2D eigenvalue weighted by atomic mass is 10.0. The molecule has 0 amide bonds. The van der Waals surface area contributed by atoms with E-state index in [4.69, 9.17) is 0 Å². The minimum Gasteiger partial charge on any atom is -0.508 e. The summed E-state index contributed by atoms with van der Waals surface area (Å²) in [4.78, 5) is 24.7. The molecule has 1 aromatic heterocycles. The van der Waals surface area contributed by atoms with Gasteiger partial charge in [-0.2, -0.15) is 0 Å².